The smallest absolute Gasteiger partial charge is 0.309 e. The summed E-state index contributed by atoms with van der Waals surface area (Å²) in [5.41, 5.74) is 0.283. The fraction of sp³-hybridized carbons (Fsp3) is 0.0833. The minimum Gasteiger partial charge on any atom is -0.481 e. The van der Waals surface area contributed by atoms with Crippen LogP contribution in [0.1, 0.15) is 11.3 Å². The number of sulfonamides is 1. The minimum atomic E-state index is -3.94. The van der Waals surface area contributed by atoms with Gasteiger partial charge in [-0.2, -0.15) is 5.26 Å². The van der Waals surface area contributed by atoms with Crippen molar-refractivity contribution in [3.8, 4) is 6.07 Å². The van der Waals surface area contributed by atoms with Crippen molar-refractivity contribution in [2.24, 2.45) is 0 Å². The second kappa shape index (κ2) is 5.90. The van der Waals surface area contributed by atoms with Crippen LogP contribution >= 0.6 is 11.3 Å². The van der Waals surface area contributed by atoms with Gasteiger partial charge in [0.2, 0.25) is 0 Å². The van der Waals surface area contributed by atoms with Crippen molar-refractivity contribution < 1.29 is 18.3 Å². The molecule has 1 aromatic carbocycles. The number of anilines is 1. The number of aliphatic carboxylic acids is 1. The predicted molar refractivity (Wildman–Crippen MR) is 75.4 cm³/mol. The third-order valence-corrected chi connectivity index (χ3v) is 4.74. The standard InChI is InChI=1S/C12H9N3O4S2/c13-6-8-3-1-2-4-10(8)21(18,19)15-12-14-9(7-20-12)5-11(16)17/h1-4,7H,5H2,(H,14,15)(H,16,17). The maximum absolute atomic E-state index is 12.2. The van der Waals surface area contributed by atoms with Gasteiger partial charge in [0.25, 0.3) is 10.0 Å². The summed E-state index contributed by atoms with van der Waals surface area (Å²) in [6.45, 7) is 0. The predicted octanol–water partition coefficient (Wildman–Crippen LogP) is 1.44. The average molecular weight is 323 g/mol. The lowest BCUT2D eigenvalue weighted by atomic mass is 10.2. The van der Waals surface area contributed by atoms with Crippen LogP contribution in [0.5, 0.6) is 0 Å². The number of hydrogen-bond donors (Lipinski definition) is 2. The van der Waals surface area contributed by atoms with E-state index in [2.05, 4.69) is 9.71 Å². The first-order valence-corrected chi connectivity index (χ1v) is 7.97. The van der Waals surface area contributed by atoms with Crippen LogP contribution in [0.15, 0.2) is 34.5 Å². The second-order valence-electron chi connectivity index (χ2n) is 3.93. The summed E-state index contributed by atoms with van der Waals surface area (Å²) >= 11 is 0.979. The molecule has 0 aliphatic carbocycles. The highest BCUT2D eigenvalue weighted by Gasteiger charge is 2.20. The molecular weight excluding hydrogens is 314 g/mol. The first-order chi connectivity index (χ1) is 9.92. The van der Waals surface area contributed by atoms with Crippen molar-refractivity contribution >= 4 is 32.5 Å². The van der Waals surface area contributed by atoms with Gasteiger partial charge in [0.15, 0.2) is 5.13 Å². The van der Waals surface area contributed by atoms with Crippen LogP contribution in [0.25, 0.3) is 0 Å². The normalized spacial score (nSPS) is 10.8. The maximum Gasteiger partial charge on any atom is 0.309 e. The van der Waals surface area contributed by atoms with Crippen LogP contribution in [0, 0.1) is 11.3 Å². The number of carboxylic acid groups (broad SMARTS) is 1. The first-order valence-electron chi connectivity index (χ1n) is 5.60. The van der Waals surface area contributed by atoms with E-state index in [0.717, 1.165) is 11.3 Å². The first kappa shape index (κ1) is 15.0. The van der Waals surface area contributed by atoms with Gasteiger partial charge in [-0.1, -0.05) is 12.1 Å². The van der Waals surface area contributed by atoms with E-state index in [9.17, 15) is 13.2 Å². The quantitative estimate of drug-likeness (QED) is 0.859. The zero-order chi connectivity index (χ0) is 15.5. The fourth-order valence-corrected chi connectivity index (χ4v) is 3.67. The number of thiazole rings is 1. The monoisotopic (exact) mass is 323 g/mol. The van der Waals surface area contributed by atoms with Gasteiger partial charge in [0.05, 0.1) is 17.7 Å². The largest absolute Gasteiger partial charge is 0.481 e. The van der Waals surface area contributed by atoms with Gasteiger partial charge in [0, 0.05) is 5.38 Å². The van der Waals surface area contributed by atoms with E-state index in [1.165, 1.54) is 23.6 Å². The maximum atomic E-state index is 12.2. The summed E-state index contributed by atoms with van der Waals surface area (Å²) in [6.07, 6.45) is -0.285. The topological polar surface area (TPSA) is 120 Å². The molecule has 2 rings (SSSR count). The highest BCUT2D eigenvalue weighted by molar-refractivity contribution is 7.93. The number of hydrogen-bond acceptors (Lipinski definition) is 6. The number of aromatic nitrogens is 1. The zero-order valence-electron chi connectivity index (χ0n) is 10.5. The van der Waals surface area contributed by atoms with Crippen LogP contribution in [0.4, 0.5) is 5.13 Å². The SMILES string of the molecule is N#Cc1ccccc1S(=O)(=O)Nc1nc(CC(=O)O)cs1. The van der Waals surface area contributed by atoms with Crippen LogP contribution in [0.3, 0.4) is 0 Å². The molecule has 7 nitrogen and oxygen atoms in total. The minimum absolute atomic E-state index is 0.0207. The van der Waals surface area contributed by atoms with Crippen molar-refractivity contribution in [3.05, 3.63) is 40.9 Å². The molecule has 0 unspecified atom stereocenters. The Kier molecular flexibility index (Phi) is 4.21. The van der Waals surface area contributed by atoms with Crippen molar-refractivity contribution in [1.29, 1.82) is 5.26 Å². The molecule has 1 aromatic heterocycles. The van der Waals surface area contributed by atoms with Gasteiger partial charge in [-0.15, -0.1) is 11.3 Å². The lowest BCUT2D eigenvalue weighted by Crippen LogP contribution is -2.14. The highest BCUT2D eigenvalue weighted by Crippen LogP contribution is 2.22. The van der Waals surface area contributed by atoms with E-state index in [4.69, 9.17) is 10.4 Å². The number of carboxylic acids is 1. The fourth-order valence-electron chi connectivity index (χ4n) is 1.55. The van der Waals surface area contributed by atoms with Crippen molar-refractivity contribution in [2.75, 3.05) is 4.72 Å². The number of nitriles is 1. The Morgan fingerprint density at radius 3 is 2.81 bits per heavy atom. The highest BCUT2D eigenvalue weighted by atomic mass is 32.2. The molecule has 0 radical (unpaired) electrons. The molecule has 0 aliphatic rings. The lowest BCUT2D eigenvalue weighted by Gasteiger charge is -2.06. The molecule has 0 fully saturated rings. The summed E-state index contributed by atoms with van der Waals surface area (Å²) < 4.78 is 26.6. The van der Waals surface area contributed by atoms with Gasteiger partial charge in [0.1, 0.15) is 11.0 Å². The van der Waals surface area contributed by atoms with E-state index in [-0.39, 0.29) is 27.7 Å². The van der Waals surface area contributed by atoms with E-state index < -0.39 is 16.0 Å². The van der Waals surface area contributed by atoms with Gasteiger partial charge in [-0.3, -0.25) is 9.52 Å². The molecule has 0 saturated heterocycles. The van der Waals surface area contributed by atoms with E-state index in [0.29, 0.717) is 0 Å². The van der Waals surface area contributed by atoms with E-state index in [1.807, 2.05) is 0 Å². The third kappa shape index (κ3) is 3.56. The summed E-state index contributed by atoms with van der Waals surface area (Å²) in [5.74, 6) is -1.05. The Bertz CT molecular complexity index is 821. The number of carbonyl (C=O) groups is 1. The third-order valence-electron chi connectivity index (χ3n) is 2.40. The molecule has 0 saturated carbocycles. The van der Waals surface area contributed by atoms with Crippen LogP contribution in [0.2, 0.25) is 0 Å². The Morgan fingerprint density at radius 2 is 2.14 bits per heavy atom. The zero-order valence-corrected chi connectivity index (χ0v) is 12.1. The molecule has 0 aliphatic heterocycles. The lowest BCUT2D eigenvalue weighted by molar-refractivity contribution is -0.136. The average Bonchev–Trinajstić information content (AvgIpc) is 2.84. The summed E-state index contributed by atoms with van der Waals surface area (Å²) in [4.78, 5) is 14.3. The van der Waals surface area contributed by atoms with Crippen LogP contribution in [-0.2, 0) is 21.2 Å². The molecule has 0 spiro atoms. The van der Waals surface area contributed by atoms with E-state index >= 15 is 0 Å². The van der Waals surface area contributed by atoms with Gasteiger partial charge in [-0.25, -0.2) is 13.4 Å². The number of benzene rings is 1. The molecule has 1 heterocycles. The molecule has 0 bridgehead atoms. The Labute approximate surface area is 124 Å². The van der Waals surface area contributed by atoms with Crippen molar-refractivity contribution in [3.63, 3.8) is 0 Å². The van der Waals surface area contributed by atoms with Gasteiger partial charge < -0.3 is 5.11 Å². The number of nitrogens with zero attached hydrogens (tertiary/aromatic N) is 2. The molecule has 9 heteroatoms. The van der Waals surface area contributed by atoms with Gasteiger partial charge in [-0.05, 0) is 12.1 Å². The summed E-state index contributed by atoms with van der Waals surface area (Å²) in [5, 5.41) is 19.1. The number of nitrogens with one attached hydrogen (secondary N) is 1. The molecule has 2 aromatic rings. The molecule has 2 N–H and O–H groups in total. The molecule has 21 heavy (non-hydrogen) atoms. The molecule has 108 valence electrons. The summed E-state index contributed by atoms with van der Waals surface area (Å²) in [7, 11) is -3.94. The van der Waals surface area contributed by atoms with Gasteiger partial charge >= 0.3 is 5.97 Å². The summed E-state index contributed by atoms with van der Waals surface area (Å²) in [6, 6.07) is 7.58. The Hall–Kier alpha value is -2.44. The van der Waals surface area contributed by atoms with Crippen LogP contribution < -0.4 is 4.72 Å². The van der Waals surface area contributed by atoms with Crippen molar-refractivity contribution in [2.45, 2.75) is 11.3 Å². The van der Waals surface area contributed by atoms with Crippen LogP contribution in [-0.4, -0.2) is 24.5 Å². The Morgan fingerprint density at radius 1 is 1.43 bits per heavy atom. The Balaban J connectivity index is 2.28. The second-order valence-corrected chi connectivity index (χ2v) is 6.44. The van der Waals surface area contributed by atoms with Crippen molar-refractivity contribution in [1.82, 2.24) is 4.98 Å². The molecule has 0 amide bonds. The number of rotatable bonds is 5. The van der Waals surface area contributed by atoms with E-state index in [1.54, 1.807) is 12.1 Å². The molecule has 0 atom stereocenters. The molecular formula is C12H9N3O4S2.